The summed E-state index contributed by atoms with van der Waals surface area (Å²) in [6.07, 6.45) is 5.67. The summed E-state index contributed by atoms with van der Waals surface area (Å²) in [6.45, 7) is 4.52. The van der Waals surface area contributed by atoms with Crippen molar-refractivity contribution in [1.82, 2.24) is 4.57 Å². The Morgan fingerprint density at radius 3 is 2.91 bits per heavy atom. The maximum absolute atomic E-state index is 10.6. The van der Waals surface area contributed by atoms with E-state index in [0.29, 0.717) is 13.0 Å². The molecule has 2 aromatic rings. The Balaban J connectivity index is 1.88. The second-order valence-corrected chi connectivity index (χ2v) is 6.10. The average molecular weight is 331 g/mol. The number of aliphatic carboxylic acids is 1. The molecule has 0 spiro atoms. The number of nitrogens with two attached hydrogens (primary N) is 1. The minimum absolute atomic E-state index is 0.483. The summed E-state index contributed by atoms with van der Waals surface area (Å²) in [5, 5.41) is 10.8. The van der Waals surface area contributed by atoms with Gasteiger partial charge in [0.2, 0.25) is 0 Å². The summed E-state index contributed by atoms with van der Waals surface area (Å²) in [5.41, 5.74) is 7.54. The van der Waals surface area contributed by atoms with Crippen LogP contribution in [0.5, 0.6) is 0 Å². The van der Waals surface area contributed by atoms with Crippen LogP contribution in [0.3, 0.4) is 0 Å². The van der Waals surface area contributed by atoms with Gasteiger partial charge in [0.15, 0.2) is 0 Å². The Hall–Kier alpha value is -2.18. The Labute approximate surface area is 139 Å². The van der Waals surface area contributed by atoms with E-state index in [1.54, 1.807) is 17.5 Å². The summed E-state index contributed by atoms with van der Waals surface area (Å²) in [5.74, 6) is -0.946. The number of carboxylic acid groups (broad SMARTS) is 1. The van der Waals surface area contributed by atoms with Crippen molar-refractivity contribution in [2.24, 2.45) is 10.7 Å². The van der Waals surface area contributed by atoms with Crippen LogP contribution in [0.1, 0.15) is 25.0 Å². The highest BCUT2D eigenvalue weighted by atomic mass is 32.1. The van der Waals surface area contributed by atoms with E-state index in [-0.39, 0.29) is 0 Å². The molecule has 0 bridgehead atoms. The summed E-state index contributed by atoms with van der Waals surface area (Å²) in [4.78, 5) is 16.2. The van der Waals surface area contributed by atoms with Crippen molar-refractivity contribution in [3.63, 3.8) is 0 Å². The number of thiophene rings is 1. The van der Waals surface area contributed by atoms with Crippen LogP contribution in [0.2, 0.25) is 0 Å². The molecule has 0 aliphatic rings. The van der Waals surface area contributed by atoms with Crippen molar-refractivity contribution in [1.29, 1.82) is 0 Å². The molecule has 2 rings (SSSR count). The van der Waals surface area contributed by atoms with E-state index in [1.165, 1.54) is 4.88 Å². The summed E-state index contributed by atoms with van der Waals surface area (Å²) >= 11 is 1.69. The first-order valence-electron chi connectivity index (χ1n) is 7.49. The minimum atomic E-state index is -0.946. The second-order valence-electron chi connectivity index (χ2n) is 5.15. The summed E-state index contributed by atoms with van der Waals surface area (Å²) < 4.78 is 2.01. The van der Waals surface area contributed by atoms with Crippen LogP contribution in [0.15, 0.2) is 41.2 Å². The highest BCUT2D eigenvalue weighted by Crippen LogP contribution is 2.26. The lowest BCUT2D eigenvalue weighted by Gasteiger charge is -2.05. The van der Waals surface area contributed by atoms with Crippen molar-refractivity contribution < 1.29 is 9.90 Å². The number of aromatic nitrogens is 1. The van der Waals surface area contributed by atoms with E-state index in [0.717, 1.165) is 24.2 Å². The van der Waals surface area contributed by atoms with Crippen LogP contribution in [-0.4, -0.2) is 34.4 Å². The fourth-order valence-corrected chi connectivity index (χ4v) is 3.00. The van der Waals surface area contributed by atoms with Gasteiger partial charge in [0.1, 0.15) is 6.04 Å². The van der Waals surface area contributed by atoms with E-state index in [9.17, 15) is 4.79 Å². The molecule has 0 aliphatic carbocycles. The quantitative estimate of drug-likeness (QED) is 0.546. The van der Waals surface area contributed by atoms with Crippen molar-refractivity contribution in [3.05, 3.63) is 41.9 Å². The summed E-state index contributed by atoms with van der Waals surface area (Å²) in [6, 6.07) is 7.40. The van der Waals surface area contributed by atoms with Crippen LogP contribution < -0.4 is 5.73 Å². The molecule has 0 unspecified atom stereocenters. The van der Waals surface area contributed by atoms with Gasteiger partial charge in [0.05, 0.1) is 16.3 Å². The van der Waals surface area contributed by atoms with Crippen LogP contribution in [-0.2, 0) is 4.79 Å². The minimum Gasteiger partial charge on any atom is -0.480 e. The predicted molar refractivity (Wildman–Crippen MR) is 96.1 cm³/mol. The first-order valence-corrected chi connectivity index (χ1v) is 8.37. The highest BCUT2D eigenvalue weighted by molar-refractivity contribution is 7.13. The molecular weight excluding hydrogens is 310 g/mol. The SMILES string of the molecule is C=Cn1c(C=NCCCC[C@H](N)C(=O)O)ccc1-c1cccs1. The lowest BCUT2D eigenvalue weighted by Crippen LogP contribution is -2.29. The zero-order chi connectivity index (χ0) is 16.7. The number of hydrogen-bond acceptors (Lipinski definition) is 4. The summed E-state index contributed by atoms with van der Waals surface area (Å²) in [7, 11) is 0. The number of nitrogens with zero attached hydrogens (tertiary/aromatic N) is 2. The van der Waals surface area contributed by atoms with Crippen LogP contribution in [0.25, 0.3) is 16.8 Å². The molecule has 6 heteroatoms. The number of unbranched alkanes of at least 4 members (excludes halogenated alkanes) is 1. The Kier molecular flexibility index (Phi) is 6.31. The molecule has 23 heavy (non-hydrogen) atoms. The Morgan fingerprint density at radius 1 is 1.43 bits per heavy atom. The smallest absolute Gasteiger partial charge is 0.320 e. The fraction of sp³-hybridized carbons (Fsp3) is 0.294. The third-order valence-corrected chi connectivity index (χ3v) is 4.39. The third-order valence-electron chi connectivity index (χ3n) is 3.50. The molecule has 2 heterocycles. The van der Waals surface area contributed by atoms with Crippen LogP contribution >= 0.6 is 11.3 Å². The van der Waals surface area contributed by atoms with E-state index < -0.39 is 12.0 Å². The van der Waals surface area contributed by atoms with Gasteiger partial charge in [-0.05, 0) is 42.8 Å². The number of carboxylic acids is 1. The topological polar surface area (TPSA) is 80.6 Å². The van der Waals surface area contributed by atoms with Gasteiger partial charge < -0.3 is 15.4 Å². The molecule has 0 radical (unpaired) electrons. The number of rotatable bonds is 9. The van der Waals surface area contributed by atoms with Crippen molar-refractivity contribution in [3.8, 4) is 10.6 Å². The largest absolute Gasteiger partial charge is 0.480 e. The molecule has 0 aromatic carbocycles. The Morgan fingerprint density at radius 2 is 2.26 bits per heavy atom. The van der Waals surface area contributed by atoms with Gasteiger partial charge >= 0.3 is 5.97 Å². The predicted octanol–water partition coefficient (Wildman–Crippen LogP) is 3.32. The molecule has 0 amide bonds. The van der Waals surface area contributed by atoms with Crippen molar-refractivity contribution in [2.45, 2.75) is 25.3 Å². The molecule has 1 atom stereocenters. The first-order chi connectivity index (χ1) is 11.1. The third kappa shape index (κ3) is 4.64. The van der Waals surface area contributed by atoms with Gasteiger partial charge in [0, 0.05) is 19.0 Å². The molecule has 122 valence electrons. The molecule has 0 saturated carbocycles. The number of aliphatic imine (C=N–C) groups is 1. The molecule has 5 nitrogen and oxygen atoms in total. The monoisotopic (exact) mass is 331 g/mol. The van der Waals surface area contributed by atoms with Gasteiger partial charge in [-0.1, -0.05) is 12.6 Å². The van der Waals surface area contributed by atoms with E-state index >= 15 is 0 Å². The molecular formula is C17H21N3O2S. The molecule has 0 aliphatic heterocycles. The lowest BCUT2D eigenvalue weighted by atomic mass is 10.1. The highest BCUT2D eigenvalue weighted by Gasteiger charge is 2.10. The molecule has 3 N–H and O–H groups in total. The van der Waals surface area contributed by atoms with Gasteiger partial charge in [-0.25, -0.2) is 0 Å². The first kappa shape index (κ1) is 17.2. The van der Waals surface area contributed by atoms with E-state index in [2.05, 4.69) is 23.7 Å². The van der Waals surface area contributed by atoms with Crippen LogP contribution in [0.4, 0.5) is 0 Å². The molecule has 0 fully saturated rings. The Bertz CT molecular complexity index is 674. The molecule has 0 saturated heterocycles. The van der Waals surface area contributed by atoms with Gasteiger partial charge in [-0.2, -0.15) is 0 Å². The number of hydrogen-bond donors (Lipinski definition) is 2. The van der Waals surface area contributed by atoms with Gasteiger partial charge in [-0.15, -0.1) is 11.3 Å². The number of carbonyl (C=O) groups is 1. The zero-order valence-electron chi connectivity index (χ0n) is 12.9. The van der Waals surface area contributed by atoms with E-state index in [4.69, 9.17) is 10.8 Å². The van der Waals surface area contributed by atoms with E-state index in [1.807, 2.05) is 28.3 Å². The van der Waals surface area contributed by atoms with Gasteiger partial charge in [-0.3, -0.25) is 9.79 Å². The standard InChI is InChI=1S/C17H21N3O2S/c1-2-20-13(8-9-15(20)16-7-5-11-23-16)12-19-10-4-3-6-14(18)17(21)22/h2,5,7-9,11-12,14H,1,3-4,6,10,18H2,(H,21,22)/t14-/m0/s1. The van der Waals surface area contributed by atoms with Gasteiger partial charge in [0.25, 0.3) is 0 Å². The zero-order valence-corrected chi connectivity index (χ0v) is 13.7. The fourth-order valence-electron chi connectivity index (χ4n) is 2.25. The van der Waals surface area contributed by atoms with Crippen molar-refractivity contribution >= 4 is 29.7 Å². The van der Waals surface area contributed by atoms with Crippen LogP contribution in [0, 0.1) is 0 Å². The maximum atomic E-state index is 10.6. The maximum Gasteiger partial charge on any atom is 0.320 e. The van der Waals surface area contributed by atoms with Crippen molar-refractivity contribution in [2.75, 3.05) is 6.54 Å². The normalized spacial score (nSPS) is 12.6. The lowest BCUT2D eigenvalue weighted by molar-refractivity contribution is -0.138. The second kappa shape index (κ2) is 8.45. The average Bonchev–Trinajstić information content (AvgIpc) is 3.18. The molecule has 2 aromatic heterocycles.